The Bertz CT molecular complexity index is 566. The van der Waals surface area contributed by atoms with Crippen molar-refractivity contribution in [2.45, 2.75) is 12.8 Å². The number of ether oxygens (including phenoxy) is 1. The van der Waals surface area contributed by atoms with Crippen LogP contribution in [0.15, 0.2) is 54.6 Å². The minimum atomic E-state index is -0.319. The number of benzene rings is 2. The molecule has 2 aromatic rings. The van der Waals surface area contributed by atoms with Crippen LogP contribution in [-0.2, 0) is 4.74 Å². The summed E-state index contributed by atoms with van der Waals surface area (Å²) in [6, 6.07) is 17.7. The van der Waals surface area contributed by atoms with Crippen LogP contribution < -0.4 is 5.32 Å². The van der Waals surface area contributed by atoms with Crippen LogP contribution in [0.2, 0.25) is 0 Å². The molecule has 2 aromatic carbocycles. The fraction of sp³-hybridized carbons (Fsp3) is 0.235. The third kappa shape index (κ3) is 3.38. The highest BCUT2D eigenvalue weighted by Gasteiger charge is 2.12. The van der Waals surface area contributed by atoms with Crippen LogP contribution in [0.5, 0.6) is 0 Å². The van der Waals surface area contributed by atoms with E-state index in [9.17, 15) is 4.79 Å². The maximum Gasteiger partial charge on any atom is 0.339 e. The fourth-order valence-electron chi connectivity index (χ4n) is 2.09. The minimum absolute atomic E-state index is 0.319. The number of carbonyl (C=O) groups excluding carboxylic acids is 1. The number of hydrogen-bond acceptors (Lipinski definition) is 3. The molecule has 0 aromatic heterocycles. The number of para-hydroxylation sites is 1. The first-order chi connectivity index (χ1) is 9.72. The van der Waals surface area contributed by atoms with E-state index in [0.717, 1.165) is 12.2 Å². The predicted molar refractivity (Wildman–Crippen MR) is 81.1 cm³/mol. The molecule has 104 valence electrons. The number of methoxy groups -OCH3 is 1. The van der Waals surface area contributed by atoms with Gasteiger partial charge in [0.25, 0.3) is 0 Å². The number of nitrogens with one attached hydrogen (secondary N) is 1. The largest absolute Gasteiger partial charge is 0.465 e. The fourth-order valence-corrected chi connectivity index (χ4v) is 2.09. The zero-order valence-corrected chi connectivity index (χ0v) is 11.8. The molecule has 20 heavy (non-hydrogen) atoms. The molecule has 3 nitrogen and oxygen atoms in total. The molecule has 0 aliphatic heterocycles. The minimum Gasteiger partial charge on any atom is -0.465 e. The highest BCUT2D eigenvalue weighted by atomic mass is 16.5. The Kier molecular flexibility index (Phi) is 4.77. The van der Waals surface area contributed by atoms with Crippen molar-refractivity contribution in [2.24, 2.45) is 0 Å². The summed E-state index contributed by atoms with van der Waals surface area (Å²) >= 11 is 0. The molecule has 0 bridgehead atoms. The summed E-state index contributed by atoms with van der Waals surface area (Å²) < 4.78 is 4.79. The lowest BCUT2D eigenvalue weighted by atomic mass is 10.0. The van der Waals surface area contributed by atoms with E-state index < -0.39 is 0 Å². The topological polar surface area (TPSA) is 38.3 Å². The van der Waals surface area contributed by atoms with E-state index in [-0.39, 0.29) is 5.97 Å². The van der Waals surface area contributed by atoms with Gasteiger partial charge in [-0.05, 0) is 23.6 Å². The van der Waals surface area contributed by atoms with Crippen molar-refractivity contribution in [3.8, 4) is 0 Å². The van der Waals surface area contributed by atoms with Crippen molar-refractivity contribution >= 4 is 11.7 Å². The molecule has 0 aliphatic rings. The molecule has 0 saturated carbocycles. The normalized spacial score (nSPS) is 11.7. The summed E-state index contributed by atoms with van der Waals surface area (Å²) in [6.07, 6.45) is 0. The van der Waals surface area contributed by atoms with Crippen LogP contribution in [0.25, 0.3) is 0 Å². The molecule has 0 heterocycles. The highest BCUT2D eigenvalue weighted by molar-refractivity contribution is 5.95. The third-order valence-electron chi connectivity index (χ3n) is 3.30. The molecule has 0 aliphatic carbocycles. The van der Waals surface area contributed by atoms with E-state index >= 15 is 0 Å². The van der Waals surface area contributed by atoms with Crippen molar-refractivity contribution < 1.29 is 9.53 Å². The lowest BCUT2D eigenvalue weighted by Gasteiger charge is -2.15. The summed E-state index contributed by atoms with van der Waals surface area (Å²) in [4.78, 5) is 11.7. The van der Waals surface area contributed by atoms with Gasteiger partial charge >= 0.3 is 5.97 Å². The smallest absolute Gasteiger partial charge is 0.339 e. The van der Waals surface area contributed by atoms with Crippen molar-refractivity contribution in [3.05, 3.63) is 65.7 Å². The Morgan fingerprint density at radius 1 is 1.10 bits per heavy atom. The van der Waals surface area contributed by atoms with Gasteiger partial charge in [0, 0.05) is 12.2 Å². The molecule has 1 N–H and O–H groups in total. The van der Waals surface area contributed by atoms with Crippen LogP contribution in [0, 0.1) is 0 Å². The Morgan fingerprint density at radius 2 is 1.75 bits per heavy atom. The Labute approximate surface area is 119 Å². The Hall–Kier alpha value is -2.29. The number of anilines is 1. The van der Waals surface area contributed by atoms with Gasteiger partial charge in [0.1, 0.15) is 0 Å². The average molecular weight is 269 g/mol. The van der Waals surface area contributed by atoms with Gasteiger partial charge in [-0.1, -0.05) is 49.4 Å². The predicted octanol–water partition coefficient (Wildman–Crippen LogP) is 3.69. The lowest BCUT2D eigenvalue weighted by molar-refractivity contribution is 0.0602. The average Bonchev–Trinajstić information content (AvgIpc) is 2.53. The number of hydrogen-bond donors (Lipinski definition) is 1. The van der Waals surface area contributed by atoms with Crippen molar-refractivity contribution in [1.82, 2.24) is 0 Å². The summed E-state index contributed by atoms with van der Waals surface area (Å²) in [7, 11) is 1.39. The number of esters is 1. The van der Waals surface area contributed by atoms with E-state index in [1.165, 1.54) is 12.7 Å². The first kappa shape index (κ1) is 14.1. The zero-order valence-electron chi connectivity index (χ0n) is 11.8. The van der Waals surface area contributed by atoms with Gasteiger partial charge in [-0.3, -0.25) is 0 Å². The SMILES string of the molecule is COC(=O)c1ccccc1NCC(C)c1ccccc1. The molecule has 1 atom stereocenters. The van der Waals surface area contributed by atoms with Crippen LogP contribution in [0.1, 0.15) is 28.8 Å². The first-order valence-corrected chi connectivity index (χ1v) is 6.68. The van der Waals surface area contributed by atoms with Crippen LogP contribution in [0.4, 0.5) is 5.69 Å². The maximum atomic E-state index is 11.7. The quantitative estimate of drug-likeness (QED) is 0.841. The molecule has 0 spiro atoms. The summed E-state index contributed by atoms with van der Waals surface area (Å²) in [5.41, 5.74) is 2.65. The van der Waals surface area contributed by atoms with Gasteiger partial charge in [0.2, 0.25) is 0 Å². The second-order valence-electron chi connectivity index (χ2n) is 4.73. The van der Waals surface area contributed by atoms with Crippen LogP contribution >= 0.6 is 0 Å². The molecule has 0 amide bonds. The van der Waals surface area contributed by atoms with Gasteiger partial charge in [0.15, 0.2) is 0 Å². The van der Waals surface area contributed by atoms with E-state index in [1.807, 2.05) is 36.4 Å². The maximum absolute atomic E-state index is 11.7. The van der Waals surface area contributed by atoms with E-state index in [2.05, 4.69) is 24.4 Å². The molecular weight excluding hydrogens is 250 g/mol. The second kappa shape index (κ2) is 6.75. The third-order valence-corrected chi connectivity index (χ3v) is 3.30. The van der Waals surface area contributed by atoms with Gasteiger partial charge < -0.3 is 10.1 Å². The zero-order chi connectivity index (χ0) is 14.4. The molecular formula is C17H19NO2. The van der Waals surface area contributed by atoms with E-state index in [4.69, 9.17) is 4.74 Å². The molecule has 0 saturated heterocycles. The summed E-state index contributed by atoms with van der Waals surface area (Å²) in [6.45, 7) is 2.92. The standard InChI is InChI=1S/C17H19NO2/c1-13(14-8-4-3-5-9-14)12-18-16-11-7-6-10-15(16)17(19)20-2/h3-11,13,18H,12H2,1-2H3. The Morgan fingerprint density at radius 3 is 2.45 bits per heavy atom. The number of rotatable bonds is 5. The van der Waals surface area contributed by atoms with E-state index in [1.54, 1.807) is 6.07 Å². The Balaban J connectivity index is 2.06. The van der Waals surface area contributed by atoms with Gasteiger partial charge in [-0.2, -0.15) is 0 Å². The second-order valence-corrected chi connectivity index (χ2v) is 4.73. The number of carbonyl (C=O) groups is 1. The van der Waals surface area contributed by atoms with Crippen molar-refractivity contribution in [3.63, 3.8) is 0 Å². The van der Waals surface area contributed by atoms with Crippen LogP contribution in [0.3, 0.4) is 0 Å². The van der Waals surface area contributed by atoms with Gasteiger partial charge in [-0.15, -0.1) is 0 Å². The van der Waals surface area contributed by atoms with Crippen LogP contribution in [-0.4, -0.2) is 19.6 Å². The lowest BCUT2D eigenvalue weighted by Crippen LogP contribution is -2.13. The van der Waals surface area contributed by atoms with E-state index in [0.29, 0.717) is 11.5 Å². The summed E-state index contributed by atoms with van der Waals surface area (Å²) in [5.74, 6) is 0.0439. The van der Waals surface area contributed by atoms with Gasteiger partial charge in [0.05, 0.1) is 12.7 Å². The molecule has 0 radical (unpaired) electrons. The molecule has 1 unspecified atom stereocenters. The summed E-state index contributed by atoms with van der Waals surface area (Å²) in [5, 5.41) is 3.33. The van der Waals surface area contributed by atoms with Crippen molar-refractivity contribution in [1.29, 1.82) is 0 Å². The van der Waals surface area contributed by atoms with Crippen molar-refractivity contribution in [2.75, 3.05) is 19.0 Å². The molecule has 2 rings (SSSR count). The molecule has 0 fully saturated rings. The monoisotopic (exact) mass is 269 g/mol. The highest BCUT2D eigenvalue weighted by Crippen LogP contribution is 2.19. The first-order valence-electron chi connectivity index (χ1n) is 6.68. The van der Waals surface area contributed by atoms with Gasteiger partial charge in [-0.25, -0.2) is 4.79 Å². The molecule has 3 heteroatoms.